The lowest BCUT2D eigenvalue weighted by Crippen LogP contribution is -2.41. The van der Waals surface area contributed by atoms with Gasteiger partial charge in [-0.3, -0.25) is 23.8 Å². The van der Waals surface area contributed by atoms with Crippen LogP contribution in [0.1, 0.15) is 70.9 Å². The summed E-state index contributed by atoms with van der Waals surface area (Å²) in [5.41, 5.74) is 3.23. The molecule has 1 saturated carbocycles. The first-order valence-electron chi connectivity index (χ1n) is 16.7. The van der Waals surface area contributed by atoms with Crippen LogP contribution in [0.2, 0.25) is 5.02 Å². The highest BCUT2D eigenvalue weighted by molar-refractivity contribution is 7.92. The molecule has 49 heavy (non-hydrogen) atoms. The lowest BCUT2D eigenvalue weighted by molar-refractivity contribution is -0.122. The Morgan fingerprint density at radius 3 is 2.73 bits per heavy atom. The molecule has 3 heterocycles. The summed E-state index contributed by atoms with van der Waals surface area (Å²) in [6.07, 6.45) is 9.61. The zero-order valence-electron chi connectivity index (χ0n) is 28.0. The molecule has 2 aliphatic heterocycles. The third-order valence-electron chi connectivity index (χ3n) is 9.46. The summed E-state index contributed by atoms with van der Waals surface area (Å²) in [5.74, 6) is -1.10. The average Bonchev–Trinajstić information content (AvgIpc) is 3.42. The predicted octanol–water partition coefficient (Wildman–Crippen LogP) is 5.95. The van der Waals surface area contributed by atoms with Gasteiger partial charge in [-0.2, -0.15) is 0 Å². The van der Waals surface area contributed by atoms with E-state index in [4.69, 9.17) is 21.1 Å². The van der Waals surface area contributed by atoms with Gasteiger partial charge in [-0.1, -0.05) is 30.7 Å². The molecule has 11 nitrogen and oxygen atoms in total. The minimum Gasteiger partial charge on any atom is -0.491 e. The highest BCUT2D eigenvalue weighted by Gasteiger charge is 2.37. The molecule has 1 aromatic heterocycles. The van der Waals surface area contributed by atoms with Gasteiger partial charge in [0.05, 0.1) is 25.2 Å². The summed E-state index contributed by atoms with van der Waals surface area (Å²) in [5, 5.41) is 4.79. The third kappa shape index (κ3) is 8.02. The Balaban J connectivity index is 1.45. The summed E-state index contributed by atoms with van der Waals surface area (Å²) >= 11 is 6.42. The van der Waals surface area contributed by atoms with Gasteiger partial charge in [-0.25, -0.2) is 4.21 Å². The number of carbonyl (C=O) groups excluding carboxylic acids is 3. The van der Waals surface area contributed by atoms with Crippen LogP contribution in [-0.2, 0) is 34.7 Å². The normalized spacial score (nSPS) is 25.3. The summed E-state index contributed by atoms with van der Waals surface area (Å²) in [7, 11) is -0.635. The maximum absolute atomic E-state index is 14.5. The third-order valence-corrected chi connectivity index (χ3v) is 11.7. The lowest BCUT2D eigenvalue weighted by atomic mass is 9.71. The van der Waals surface area contributed by atoms with Crippen molar-refractivity contribution in [3.05, 3.63) is 82.0 Å². The molecule has 1 aliphatic carbocycles. The number of hydrogen-bond donors (Lipinski definition) is 1. The molecule has 3 aliphatic rings. The molecule has 0 radical (unpaired) electrons. The smallest absolute Gasteiger partial charge is 0.286 e. The van der Waals surface area contributed by atoms with E-state index in [-0.39, 0.29) is 46.3 Å². The number of nitrogens with zero attached hydrogens (tertiary/aromatic N) is 4. The van der Waals surface area contributed by atoms with Gasteiger partial charge in [0.25, 0.3) is 11.8 Å². The monoisotopic (exact) mass is 707 g/mol. The number of allylic oxidation sites excluding steroid dienone is 2. The van der Waals surface area contributed by atoms with E-state index in [9.17, 15) is 18.6 Å². The van der Waals surface area contributed by atoms with Crippen molar-refractivity contribution in [3.63, 3.8) is 0 Å². The van der Waals surface area contributed by atoms with Crippen LogP contribution in [0.15, 0.2) is 59.1 Å². The lowest BCUT2D eigenvalue weighted by Gasteiger charge is -2.40. The number of ketones is 1. The number of fused-ring (bicyclic) bond motifs is 3. The minimum absolute atomic E-state index is 0.0550. The Bertz CT molecular complexity index is 1910. The van der Waals surface area contributed by atoms with E-state index in [1.807, 2.05) is 25.1 Å². The first kappa shape index (κ1) is 34.7. The number of amides is 2. The molecule has 13 heteroatoms. The molecule has 0 saturated heterocycles. The molecule has 2 bridgehead atoms. The van der Waals surface area contributed by atoms with Gasteiger partial charge >= 0.3 is 0 Å². The number of benzene rings is 2. The van der Waals surface area contributed by atoms with Gasteiger partial charge in [0.15, 0.2) is 5.78 Å². The number of aryl methyl sites for hydroxylation is 2. The first-order valence-corrected chi connectivity index (χ1v) is 18.8. The van der Waals surface area contributed by atoms with Crippen molar-refractivity contribution in [2.24, 2.45) is 29.2 Å². The van der Waals surface area contributed by atoms with E-state index in [1.165, 1.54) is 18.0 Å². The Hall–Kier alpha value is -4.16. The quantitative estimate of drug-likeness (QED) is 0.354. The minimum atomic E-state index is -3.65. The van der Waals surface area contributed by atoms with Crippen LogP contribution in [0.4, 0.5) is 5.69 Å². The first-order chi connectivity index (χ1) is 23.5. The van der Waals surface area contributed by atoms with Gasteiger partial charge < -0.3 is 14.4 Å². The summed E-state index contributed by atoms with van der Waals surface area (Å²) in [4.78, 5) is 42.9. The second-order valence-corrected chi connectivity index (χ2v) is 15.7. The molecule has 260 valence electrons. The fraction of sp³-hybridized carbons (Fsp3) is 0.444. The number of nitrogens with one attached hydrogen (secondary N) is 1. The number of methoxy groups -OCH3 is 1. The van der Waals surface area contributed by atoms with Crippen molar-refractivity contribution in [1.29, 1.82) is 0 Å². The van der Waals surface area contributed by atoms with E-state index in [2.05, 4.69) is 19.1 Å². The molecule has 1 N–H and O–H groups in total. The Kier molecular flexibility index (Phi) is 10.4. The van der Waals surface area contributed by atoms with Crippen LogP contribution in [0.3, 0.4) is 0 Å². The standard InChI is InChI=1S/C36H42ClN5O6S/c1-23-7-6-9-32(43)29-14-11-27(29)20-42-19-26-10-13-28(37)17-24(26)8-4-5-16-48-33-15-12-25(18-31(33)42)34(44)39-49(46,22-23)40-35(45)30-21-41(2)38-36(30)47-3/h6,9-10,12-13,15,17-18,21,23,27,29H,4-5,7-8,11,14,16,19-20,22H2,1-3H3,(H,39,40,44,45,46)/b9-6+/t23-,27-,29+,49?/m0/s1. The number of anilines is 1. The number of carbonyl (C=O) groups is 3. The maximum atomic E-state index is 14.5. The number of ether oxygens (including phenoxy) is 2. The zero-order valence-corrected chi connectivity index (χ0v) is 29.6. The van der Waals surface area contributed by atoms with Crippen molar-refractivity contribution < 1.29 is 28.1 Å². The van der Waals surface area contributed by atoms with Crippen LogP contribution in [-0.4, -0.2) is 57.6 Å². The van der Waals surface area contributed by atoms with Crippen LogP contribution >= 0.6 is 11.6 Å². The van der Waals surface area contributed by atoms with E-state index < -0.39 is 21.7 Å². The van der Waals surface area contributed by atoms with E-state index in [1.54, 1.807) is 37.4 Å². The van der Waals surface area contributed by atoms with Crippen LogP contribution < -0.4 is 19.1 Å². The zero-order chi connectivity index (χ0) is 34.7. The van der Waals surface area contributed by atoms with Gasteiger partial charge in [-0.15, -0.1) is 9.46 Å². The number of aromatic nitrogens is 2. The fourth-order valence-electron chi connectivity index (χ4n) is 6.76. The average molecular weight is 708 g/mol. The van der Waals surface area contributed by atoms with E-state index in [0.29, 0.717) is 42.6 Å². The molecule has 1 unspecified atom stereocenters. The van der Waals surface area contributed by atoms with Crippen molar-refractivity contribution >= 4 is 44.8 Å². The molecular weight excluding hydrogens is 666 g/mol. The number of halogens is 1. The largest absolute Gasteiger partial charge is 0.491 e. The summed E-state index contributed by atoms with van der Waals surface area (Å²) < 4.78 is 34.1. The van der Waals surface area contributed by atoms with Crippen LogP contribution in [0.25, 0.3) is 0 Å². The molecule has 6 rings (SSSR count). The predicted molar refractivity (Wildman–Crippen MR) is 189 cm³/mol. The van der Waals surface area contributed by atoms with Gasteiger partial charge in [0.1, 0.15) is 21.2 Å². The molecule has 3 aromatic rings. The van der Waals surface area contributed by atoms with Crippen LogP contribution in [0, 0.1) is 17.8 Å². The fourth-order valence-corrected chi connectivity index (χ4v) is 8.83. The number of rotatable bonds is 3. The molecule has 1 fully saturated rings. The Morgan fingerprint density at radius 2 is 1.96 bits per heavy atom. The molecule has 2 amide bonds. The second-order valence-electron chi connectivity index (χ2n) is 13.2. The SMILES string of the molecule is COc1nn(C)cc1C(=O)NS1(=O)=NC(=O)c2ccc3c(c2)N(Cc2ccc(Cl)cc2CCCCO3)C[C@@H]2CC[C@H]2C(=O)/C=C/C[C@H](C)C1. The summed E-state index contributed by atoms with van der Waals surface area (Å²) in [6, 6.07) is 11.0. The van der Waals surface area contributed by atoms with E-state index in [0.717, 1.165) is 43.2 Å². The Labute approximate surface area is 292 Å². The van der Waals surface area contributed by atoms with Crippen LogP contribution in [0.5, 0.6) is 11.6 Å². The molecule has 2 aromatic carbocycles. The molecule has 0 spiro atoms. The maximum Gasteiger partial charge on any atom is 0.286 e. The molecule has 4 atom stereocenters. The highest BCUT2D eigenvalue weighted by Crippen LogP contribution is 2.40. The van der Waals surface area contributed by atoms with Gasteiger partial charge in [0.2, 0.25) is 5.88 Å². The highest BCUT2D eigenvalue weighted by atomic mass is 35.5. The topological polar surface area (TPSA) is 132 Å². The summed E-state index contributed by atoms with van der Waals surface area (Å²) in [6.45, 7) is 3.43. The van der Waals surface area contributed by atoms with E-state index >= 15 is 0 Å². The number of hydrogen-bond acceptors (Lipinski definition) is 8. The van der Waals surface area contributed by atoms with Crippen molar-refractivity contribution in [3.8, 4) is 11.6 Å². The van der Waals surface area contributed by atoms with Crippen molar-refractivity contribution in [1.82, 2.24) is 14.5 Å². The van der Waals surface area contributed by atoms with Crippen molar-refractivity contribution in [2.45, 2.75) is 52.0 Å². The van der Waals surface area contributed by atoms with Gasteiger partial charge in [0, 0.05) is 42.8 Å². The Morgan fingerprint density at radius 1 is 1.12 bits per heavy atom. The van der Waals surface area contributed by atoms with Gasteiger partial charge in [-0.05, 0) is 97.9 Å². The molecular formula is C36H42ClN5O6S. The van der Waals surface area contributed by atoms with Crippen molar-refractivity contribution in [2.75, 3.05) is 30.9 Å². The second kappa shape index (κ2) is 14.8.